The van der Waals surface area contributed by atoms with Crippen LogP contribution in [0.15, 0.2) is 41.1 Å². The Kier molecular flexibility index (Phi) is 5.56. The molecule has 0 aliphatic heterocycles. The molecule has 1 aromatic carbocycles. The summed E-state index contributed by atoms with van der Waals surface area (Å²) in [6, 6.07) is 8.25. The van der Waals surface area contributed by atoms with E-state index in [2.05, 4.69) is 51.4 Å². The molecule has 2 rings (SSSR count). The van der Waals surface area contributed by atoms with E-state index in [0.717, 1.165) is 34.4 Å². The van der Waals surface area contributed by atoms with Crippen LogP contribution in [-0.2, 0) is 13.2 Å². The first-order chi connectivity index (χ1) is 9.69. The van der Waals surface area contributed by atoms with Crippen molar-refractivity contribution in [3.63, 3.8) is 0 Å². The number of aryl methyl sites for hydroxylation is 1. The summed E-state index contributed by atoms with van der Waals surface area (Å²) in [6.07, 6.45) is 3.68. The maximum Gasteiger partial charge on any atom is 0.134 e. The Labute approximate surface area is 128 Å². The molecule has 0 radical (unpaired) electrons. The maximum absolute atomic E-state index is 5.83. The van der Waals surface area contributed by atoms with Gasteiger partial charge in [0.15, 0.2) is 0 Å². The largest absolute Gasteiger partial charge is 0.488 e. The fraction of sp³-hybridized carbons (Fsp3) is 0.312. The van der Waals surface area contributed by atoms with E-state index in [4.69, 9.17) is 4.74 Å². The molecule has 4 heteroatoms. The molecule has 0 unspecified atom stereocenters. The molecule has 20 heavy (non-hydrogen) atoms. The third-order valence-electron chi connectivity index (χ3n) is 2.90. The van der Waals surface area contributed by atoms with Gasteiger partial charge in [-0.05, 0) is 58.7 Å². The number of pyridine rings is 1. The summed E-state index contributed by atoms with van der Waals surface area (Å²) in [7, 11) is 0. The van der Waals surface area contributed by atoms with Crippen LogP contribution in [0.2, 0.25) is 0 Å². The number of halogens is 1. The van der Waals surface area contributed by atoms with Gasteiger partial charge in [0, 0.05) is 24.5 Å². The van der Waals surface area contributed by atoms with E-state index in [0.29, 0.717) is 6.61 Å². The topological polar surface area (TPSA) is 34.1 Å². The highest BCUT2D eigenvalue weighted by atomic mass is 79.9. The van der Waals surface area contributed by atoms with Crippen molar-refractivity contribution in [3.05, 3.63) is 57.8 Å². The van der Waals surface area contributed by atoms with Gasteiger partial charge in [-0.25, -0.2) is 0 Å². The second-order valence-corrected chi connectivity index (χ2v) is 5.56. The number of hydrogen-bond donors (Lipinski definition) is 1. The molecule has 0 atom stereocenters. The van der Waals surface area contributed by atoms with E-state index in [1.165, 1.54) is 5.56 Å². The van der Waals surface area contributed by atoms with Crippen molar-refractivity contribution in [1.29, 1.82) is 0 Å². The Hall–Kier alpha value is -1.39. The van der Waals surface area contributed by atoms with Gasteiger partial charge in [-0.15, -0.1) is 0 Å². The van der Waals surface area contributed by atoms with Gasteiger partial charge >= 0.3 is 0 Å². The summed E-state index contributed by atoms with van der Waals surface area (Å²) in [5.74, 6) is 0.853. The molecule has 0 spiro atoms. The van der Waals surface area contributed by atoms with Crippen LogP contribution in [0.4, 0.5) is 0 Å². The zero-order valence-electron chi connectivity index (χ0n) is 11.8. The monoisotopic (exact) mass is 334 g/mol. The minimum atomic E-state index is 0.528. The number of rotatable bonds is 6. The van der Waals surface area contributed by atoms with Gasteiger partial charge in [0.1, 0.15) is 12.4 Å². The van der Waals surface area contributed by atoms with Crippen molar-refractivity contribution in [3.8, 4) is 5.75 Å². The highest BCUT2D eigenvalue weighted by molar-refractivity contribution is 9.10. The molecule has 2 aromatic rings. The average Bonchev–Trinajstić information content (AvgIpc) is 2.44. The molecule has 3 nitrogen and oxygen atoms in total. The first-order valence-electron chi connectivity index (χ1n) is 6.71. The standard InChI is InChI=1S/C16H19BrN2O/c1-3-18-9-13-4-5-16(15(17)7-13)20-11-14-6-12(2)8-19-10-14/h4-8,10,18H,3,9,11H2,1-2H3. The van der Waals surface area contributed by atoms with E-state index in [9.17, 15) is 0 Å². The average molecular weight is 335 g/mol. The highest BCUT2D eigenvalue weighted by Crippen LogP contribution is 2.26. The van der Waals surface area contributed by atoms with Crippen LogP contribution in [0.5, 0.6) is 5.75 Å². The third-order valence-corrected chi connectivity index (χ3v) is 3.52. The van der Waals surface area contributed by atoms with Gasteiger partial charge in [0.25, 0.3) is 0 Å². The van der Waals surface area contributed by atoms with Crippen molar-refractivity contribution >= 4 is 15.9 Å². The van der Waals surface area contributed by atoms with E-state index in [-0.39, 0.29) is 0 Å². The summed E-state index contributed by atoms with van der Waals surface area (Å²) in [4.78, 5) is 4.17. The predicted molar refractivity (Wildman–Crippen MR) is 84.8 cm³/mol. The van der Waals surface area contributed by atoms with Crippen LogP contribution in [0.25, 0.3) is 0 Å². The quantitative estimate of drug-likeness (QED) is 0.871. The second kappa shape index (κ2) is 7.41. The van der Waals surface area contributed by atoms with Crippen molar-refractivity contribution in [1.82, 2.24) is 10.3 Å². The number of benzene rings is 1. The van der Waals surface area contributed by atoms with Crippen LogP contribution < -0.4 is 10.1 Å². The third kappa shape index (κ3) is 4.32. The molecule has 1 N–H and O–H groups in total. The summed E-state index contributed by atoms with van der Waals surface area (Å²) < 4.78 is 6.81. The van der Waals surface area contributed by atoms with Gasteiger partial charge < -0.3 is 10.1 Å². The Morgan fingerprint density at radius 1 is 1.20 bits per heavy atom. The summed E-state index contributed by atoms with van der Waals surface area (Å²) >= 11 is 3.56. The molecule has 1 heterocycles. The molecule has 106 valence electrons. The molecule has 0 bridgehead atoms. The minimum Gasteiger partial charge on any atom is -0.488 e. The number of ether oxygens (including phenoxy) is 1. The molecule has 0 fully saturated rings. The smallest absolute Gasteiger partial charge is 0.134 e. The van der Waals surface area contributed by atoms with Crippen LogP contribution in [0.3, 0.4) is 0 Å². The molecule has 0 saturated carbocycles. The minimum absolute atomic E-state index is 0.528. The van der Waals surface area contributed by atoms with Gasteiger partial charge in [0.2, 0.25) is 0 Å². The lowest BCUT2D eigenvalue weighted by Crippen LogP contribution is -2.11. The lowest BCUT2D eigenvalue weighted by molar-refractivity contribution is 0.303. The molecule has 0 aliphatic rings. The molecular weight excluding hydrogens is 316 g/mol. The fourth-order valence-electron chi connectivity index (χ4n) is 1.90. The Morgan fingerprint density at radius 3 is 2.75 bits per heavy atom. The van der Waals surface area contributed by atoms with E-state index in [1.807, 2.05) is 25.4 Å². The van der Waals surface area contributed by atoms with Crippen LogP contribution in [0, 0.1) is 6.92 Å². The normalized spacial score (nSPS) is 10.6. The molecule has 0 aliphatic carbocycles. The van der Waals surface area contributed by atoms with Gasteiger partial charge in [-0.2, -0.15) is 0 Å². The van der Waals surface area contributed by atoms with Crippen molar-refractivity contribution in [2.45, 2.75) is 27.0 Å². The van der Waals surface area contributed by atoms with E-state index in [1.54, 1.807) is 0 Å². The molecule has 0 amide bonds. The predicted octanol–water partition coefficient (Wildman–Crippen LogP) is 3.84. The molecule has 0 saturated heterocycles. The van der Waals surface area contributed by atoms with Gasteiger partial charge in [-0.1, -0.05) is 13.0 Å². The van der Waals surface area contributed by atoms with Gasteiger partial charge in [0.05, 0.1) is 4.47 Å². The van der Waals surface area contributed by atoms with Crippen LogP contribution in [0.1, 0.15) is 23.6 Å². The molecule has 1 aromatic heterocycles. The Bertz CT molecular complexity index is 572. The van der Waals surface area contributed by atoms with E-state index < -0.39 is 0 Å². The number of nitrogens with one attached hydrogen (secondary N) is 1. The summed E-state index contributed by atoms with van der Waals surface area (Å²) in [6.45, 7) is 6.50. The fourth-order valence-corrected chi connectivity index (χ4v) is 2.44. The SMILES string of the molecule is CCNCc1ccc(OCc2cncc(C)c2)c(Br)c1. The van der Waals surface area contributed by atoms with Crippen molar-refractivity contribution in [2.75, 3.05) is 6.54 Å². The van der Waals surface area contributed by atoms with Crippen LogP contribution >= 0.6 is 15.9 Å². The first kappa shape index (κ1) is 15.0. The van der Waals surface area contributed by atoms with E-state index >= 15 is 0 Å². The Morgan fingerprint density at radius 2 is 2.05 bits per heavy atom. The molecular formula is C16H19BrN2O. The zero-order valence-corrected chi connectivity index (χ0v) is 13.4. The number of aromatic nitrogens is 1. The lowest BCUT2D eigenvalue weighted by atomic mass is 10.2. The summed E-state index contributed by atoms with van der Waals surface area (Å²) in [5.41, 5.74) is 3.46. The number of nitrogens with zero attached hydrogens (tertiary/aromatic N) is 1. The Balaban J connectivity index is 1.99. The lowest BCUT2D eigenvalue weighted by Gasteiger charge is -2.10. The van der Waals surface area contributed by atoms with Crippen molar-refractivity contribution < 1.29 is 4.74 Å². The van der Waals surface area contributed by atoms with Crippen LogP contribution in [-0.4, -0.2) is 11.5 Å². The highest BCUT2D eigenvalue weighted by Gasteiger charge is 2.03. The van der Waals surface area contributed by atoms with Gasteiger partial charge in [-0.3, -0.25) is 4.98 Å². The van der Waals surface area contributed by atoms with Crippen molar-refractivity contribution in [2.24, 2.45) is 0 Å². The maximum atomic E-state index is 5.83. The second-order valence-electron chi connectivity index (χ2n) is 4.70. The summed E-state index contributed by atoms with van der Waals surface area (Å²) in [5, 5.41) is 3.31. The first-order valence-corrected chi connectivity index (χ1v) is 7.51. The zero-order chi connectivity index (χ0) is 14.4. The number of hydrogen-bond acceptors (Lipinski definition) is 3.